The van der Waals surface area contributed by atoms with Gasteiger partial charge in [-0.3, -0.25) is 14.5 Å². The summed E-state index contributed by atoms with van der Waals surface area (Å²) in [6, 6.07) is 8.96. The summed E-state index contributed by atoms with van der Waals surface area (Å²) in [7, 11) is 0. The molecule has 1 aromatic carbocycles. The molecule has 5 rings (SSSR count). The highest BCUT2D eigenvalue weighted by molar-refractivity contribution is 5.97. The molecule has 154 valence electrons. The van der Waals surface area contributed by atoms with E-state index in [-0.39, 0.29) is 11.8 Å². The van der Waals surface area contributed by atoms with Gasteiger partial charge >= 0.3 is 0 Å². The average Bonchev–Trinajstić information content (AvgIpc) is 3.45. The number of hydrogen-bond acceptors (Lipinski definition) is 5. The number of H-pyrrole nitrogens is 1. The molecule has 0 unspecified atom stereocenters. The number of imidazole rings is 1. The maximum atomic E-state index is 12.9. The molecule has 2 aromatic heterocycles. The van der Waals surface area contributed by atoms with Crippen LogP contribution in [0.15, 0.2) is 55.2 Å². The molecule has 2 aliphatic heterocycles. The lowest BCUT2D eigenvalue weighted by molar-refractivity contribution is -0.153. The molecular formula is C21H23N7O2. The van der Waals surface area contributed by atoms with Crippen LogP contribution in [0.2, 0.25) is 0 Å². The number of amides is 2. The number of aromatic nitrogens is 4. The number of carbonyl (C=O) groups excluding carboxylic acids is 2. The first kappa shape index (κ1) is 18.6. The summed E-state index contributed by atoms with van der Waals surface area (Å²) in [5.41, 5.74) is 2.92. The van der Waals surface area contributed by atoms with Gasteiger partial charge < -0.3 is 15.2 Å². The maximum absolute atomic E-state index is 12.9. The van der Waals surface area contributed by atoms with Crippen LogP contribution in [0, 0.1) is 0 Å². The number of nitrogens with zero attached hydrogens (tertiary/aromatic N) is 5. The zero-order valence-corrected chi connectivity index (χ0v) is 16.4. The second-order valence-corrected chi connectivity index (χ2v) is 7.75. The van der Waals surface area contributed by atoms with Gasteiger partial charge in [-0.05, 0) is 12.1 Å². The van der Waals surface area contributed by atoms with Gasteiger partial charge in [-0.2, -0.15) is 5.10 Å². The van der Waals surface area contributed by atoms with Crippen LogP contribution < -0.4 is 5.32 Å². The summed E-state index contributed by atoms with van der Waals surface area (Å²) in [4.78, 5) is 36.5. The van der Waals surface area contributed by atoms with Gasteiger partial charge in [-0.15, -0.1) is 0 Å². The van der Waals surface area contributed by atoms with E-state index in [0.29, 0.717) is 26.1 Å². The van der Waals surface area contributed by atoms with Crippen LogP contribution in [0.1, 0.15) is 11.3 Å². The SMILES string of the molecule is O=C1N[C@@H](Cc2cnc[nH]2)C(=O)N2CCN(Cc3cnn(-c4ccccc4)c3)C[C@H]12. The third kappa shape index (κ3) is 3.59. The fraction of sp³-hybridized carbons (Fsp3) is 0.333. The van der Waals surface area contributed by atoms with E-state index < -0.39 is 12.1 Å². The van der Waals surface area contributed by atoms with Gasteiger partial charge in [0.1, 0.15) is 12.1 Å². The van der Waals surface area contributed by atoms with Crippen LogP contribution in [0.5, 0.6) is 0 Å². The molecule has 2 N–H and O–H groups in total. The summed E-state index contributed by atoms with van der Waals surface area (Å²) < 4.78 is 1.85. The monoisotopic (exact) mass is 405 g/mol. The van der Waals surface area contributed by atoms with E-state index in [1.807, 2.05) is 47.4 Å². The first-order valence-electron chi connectivity index (χ1n) is 10.1. The zero-order valence-electron chi connectivity index (χ0n) is 16.4. The van der Waals surface area contributed by atoms with Crippen LogP contribution in [0.3, 0.4) is 0 Å². The predicted molar refractivity (Wildman–Crippen MR) is 109 cm³/mol. The maximum Gasteiger partial charge on any atom is 0.246 e. The number of benzene rings is 1. The molecule has 2 atom stereocenters. The Morgan fingerprint density at radius 3 is 2.77 bits per heavy atom. The fourth-order valence-electron chi connectivity index (χ4n) is 4.18. The fourth-order valence-corrected chi connectivity index (χ4v) is 4.18. The van der Waals surface area contributed by atoms with Gasteiger partial charge in [-0.1, -0.05) is 18.2 Å². The van der Waals surface area contributed by atoms with E-state index in [0.717, 1.165) is 23.5 Å². The topological polar surface area (TPSA) is 99.1 Å². The van der Waals surface area contributed by atoms with Crippen LogP contribution in [-0.2, 0) is 22.6 Å². The average molecular weight is 405 g/mol. The molecular weight excluding hydrogens is 382 g/mol. The number of fused-ring (bicyclic) bond motifs is 1. The molecule has 2 amide bonds. The standard InChI is InChI=1S/C21H23N7O2/c29-20-19-13-26(11-15-9-24-28(12-15)17-4-2-1-3-5-17)6-7-27(19)21(30)18(25-20)8-16-10-22-14-23-16/h1-5,9-10,12,14,18-19H,6-8,11,13H2,(H,22,23)(H,25,29)/t18-,19+/m0/s1. The van der Waals surface area contributed by atoms with E-state index in [9.17, 15) is 9.59 Å². The lowest BCUT2D eigenvalue weighted by Gasteiger charge is -2.45. The molecule has 30 heavy (non-hydrogen) atoms. The number of para-hydroxylation sites is 1. The van der Waals surface area contributed by atoms with Crippen LogP contribution in [0.25, 0.3) is 5.69 Å². The summed E-state index contributed by atoms with van der Waals surface area (Å²) in [6.45, 7) is 2.48. The van der Waals surface area contributed by atoms with Gasteiger partial charge in [0.25, 0.3) is 0 Å². The minimum atomic E-state index is -0.537. The number of hydrogen-bond donors (Lipinski definition) is 2. The molecule has 2 aliphatic rings. The van der Waals surface area contributed by atoms with E-state index in [4.69, 9.17) is 0 Å². The second kappa shape index (κ2) is 7.75. The van der Waals surface area contributed by atoms with Gasteiger partial charge in [0.2, 0.25) is 11.8 Å². The lowest BCUT2D eigenvalue weighted by Crippen LogP contribution is -2.69. The predicted octanol–water partition coefficient (Wildman–Crippen LogP) is 0.349. The van der Waals surface area contributed by atoms with Crippen molar-refractivity contribution in [1.82, 2.24) is 34.9 Å². The molecule has 0 radical (unpaired) electrons. The van der Waals surface area contributed by atoms with Gasteiger partial charge in [0, 0.05) is 56.3 Å². The zero-order chi connectivity index (χ0) is 20.5. The Balaban J connectivity index is 1.23. The molecule has 2 saturated heterocycles. The van der Waals surface area contributed by atoms with E-state index in [2.05, 4.69) is 25.3 Å². The highest BCUT2D eigenvalue weighted by Gasteiger charge is 2.43. The Kier molecular flexibility index (Phi) is 4.80. The second-order valence-electron chi connectivity index (χ2n) is 7.75. The number of rotatable bonds is 5. The van der Waals surface area contributed by atoms with Crippen molar-refractivity contribution in [1.29, 1.82) is 0 Å². The molecule has 3 aromatic rings. The number of nitrogens with one attached hydrogen (secondary N) is 2. The molecule has 0 saturated carbocycles. The normalized spacial score (nSPS) is 22.1. The molecule has 9 nitrogen and oxygen atoms in total. The Labute approximate surface area is 173 Å². The molecule has 0 aliphatic carbocycles. The van der Waals surface area contributed by atoms with Crippen molar-refractivity contribution >= 4 is 11.8 Å². The van der Waals surface area contributed by atoms with E-state index >= 15 is 0 Å². The quantitative estimate of drug-likeness (QED) is 0.638. The highest BCUT2D eigenvalue weighted by Crippen LogP contribution is 2.19. The van der Waals surface area contributed by atoms with Gasteiger partial charge in [0.05, 0.1) is 18.2 Å². The van der Waals surface area contributed by atoms with Crippen molar-refractivity contribution in [2.75, 3.05) is 19.6 Å². The Hall–Kier alpha value is -3.46. The molecule has 2 fully saturated rings. The summed E-state index contributed by atoms with van der Waals surface area (Å²) >= 11 is 0. The van der Waals surface area contributed by atoms with Crippen molar-refractivity contribution in [3.63, 3.8) is 0 Å². The van der Waals surface area contributed by atoms with Gasteiger partial charge in [0.15, 0.2) is 0 Å². The summed E-state index contributed by atoms with van der Waals surface area (Å²) in [5.74, 6) is -0.116. The van der Waals surface area contributed by atoms with Crippen LogP contribution >= 0.6 is 0 Å². The largest absolute Gasteiger partial charge is 0.348 e. The summed E-state index contributed by atoms with van der Waals surface area (Å²) in [5, 5.41) is 7.34. The Morgan fingerprint density at radius 1 is 1.10 bits per heavy atom. The Bertz CT molecular complexity index is 1030. The molecule has 9 heteroatoms. The molecule has 0 spiro atoms. The first-order chi connectivity index (χ1) is 14.7. The third-order valence-corrected chi connectivity index (χ3v) is 5.71. The van der Waals surface area contributed by atoms with Crippen LogP contribution in [-0.4, -0.2) is 73.1 Å². The van der Waals surface area contributed by atoms with Crippen molar-refractivity contribution in [2.24, 2.45) is 0 Å². The van der Waals surface area contributed by atoms with Crippen molar-refractivity contribution < 1.29 is 9.59 Å². The number of piperazine rings is 2. The third-order valence-electron chi connectivity index (χ3n) is 5.71. The van der Waals surface area contributed by atoms with Crippen molar-refractivity contribution in [3.8, 4) is 5.69 Å². The highest BCUT2D eigenvalue weighted by atomic mass is 16.2. The van der Waals surface area contributed by atoms with Crippen LogP contribution in [0.4, 0.5) is 0 Å². The van der Waals surface area contributed by atoms with E-state index in [1.54, 1.807) is 17.4 Å². The van der Waals surface area contributed by atoms with Gasteiger partial charge in [-0.25, -0.2) is 9.67 Å². The molecule has 4 heterocycles. The Morgan fingerprint density at radius 2 is 1.97 bits per heavy atom. The van der Waals surface area contributed by atoms with Crippen molar-refractivity contribution in [3.05, 3.63) is 66.5 Å². The van der Waals surface area contributed by atoms with E-state index in [1.165, 1.54) is 0 Å². The minimum Gasteiger partial charge on any atom is -0.348 e. The molecule has 0 bridgehead atoms. The summed E-state index contributed by atoms with van der Waals surface area (Å²) in [6.07, 6.45) is 7.54. The van der Waals surface area contributed by atoms with Crippen molar-refractivity contribution in [2.45, 2.75) is 25.0 Å². The number of carbonyl (C=O) groups is 2. The number of aromatic amines is 1. The minimum absolute atomic E-state index is 0.0225. The first-order valence-corrected chi connectivity index (χ1v) is 10.1. The lowest BCUT2D eigenvalue weighted by atomic mass is 10.0. The smallest absolute Gasteiger partial charge is 0.246 e.